The summed E-state index contributed by atoms with van der Waals surface area (Å²) in [5.74, 6) is -8.80. The number of benzene rings is 2. The molecule has 0 aliphatic carbocycles. The van der Waals surface area contributed by atoms with Crippen LogP contribution in [-0.2, 0) is 20.9 Å². The van der Waals surface area contributed by atoms with E-state index in [9.17, 15) is 31.9 Å². The summed E-state index contributed by atoms with van der Waals surface area (Å²) < 4.78 is 60.0. The molecule has 2 amide bonds. The summed E-state index contributed by atoms with van der Waals surface area (Å²) in [6.07, 6.45) is -0.273. The predicted octanol–water partition coefficient (Wildman–Crippen LogP) is 4.08. The number of aliphatic imine (C=N–C) groups is 1. The maximum Gasteiger partial charge on any atom is 0.338 e. The van der Waals surface area contributed by atoms with Crippen molar-refractivity contribution >= 4 is 40.4 Å². The molecule has 2 aromatic carbocycles. The van der Waals surface area contributed by atoms with Crippen molar-refractivity contribution in [2.75, 3.05) is 13.2 Å². The van der Waals surface area contributed by atoms with Crippen LogP contribution in [0.2, 0.25) is 0 Å². The second-order valence-corrected chi connectivity index (χ2v) is 8.48. The predicted molar refractivity (Wildman–Crippen MR) is 121 cm³/mol. The number of nitrogens with zero attached hydrogens (tertiary/aromatic N) is 2. The van der Waals surface area contributed by atoms with E-state index in [2.05, 4.69) is 10.3 Å². The maximum atomic E-state index is 14.3. The maximum absolute atomic E-state index is 14.3. The number of rotatable bonds is 7. The van der Waals surface area contributed by atoms with Crippen LogP contribution in [0.4, 0.5) is 23.2 Å². The molecule has 0 radical (unpaired) electrons. The van der Waals surface area contributed by atoms with Gasteiger partial charge < -0.3 is 10.1 Å². The van der Waals surface area contributed by atoms with Gasteiger partial charge in [0.15, 0.2) is 28.4 Å². The number of esters is 1. The highest BCUT2D eigenvalue weighted by Crippen LogP contribution is 2.31. The van der Waals surface area contributed by atoms with Crippen molar-refractivity contribution in [2.45, 2.75) is 32.1 Å². The van der Waals surface area contributed by atoms with E-state index in [1.165, 1.54) is 24.3 Å². The van der Waals surface area contributed by atoms with Gasteiger partial charge in [0.2, 0.25) is 11.8 Å². The molecule has 0 aromatic heterocycles. The first-order valence-electron chi connectivity index (χ1n) is 10.6. The van der Waals surface area contributed by atoms with Gasteiger partial charge in [-0.25, -0.2) is 27.3 Å². The fraction of sp³-hybridized carbons (Fsp3) is 0.304. The number of carbonyl (C=O) groups is 3. The van der Waals surface area contributed by atoms with E-state index < -0.39 is 58.4 Å². The minimum Gasteiger partial charge on any atom is -0.462 e. The normalized spacial score (nSPS) is 17.0. The third-order valence-corrected chi connectivity index (χ3v) is 6.08. The van der Waals surface area contributed by atoms with Crippen LogP contribution < -0.4 is 5.32 Å². The number of hydrogen-bond donors (Lipinski definition) is 1. The van der Waals surface area contributed by atoms with Gasteiger partial charge in [-0.1, -0.05) is 11.8 Å². The van der Waals surface area contributed by atoms with Crippen molar-refractivity contribution in [1.82, 2.24) is 10.2 Å². The van der Waals surface area contributed by atoms with Crippen LogP contribution >= 0.6 is 11.8 Å². The average molecular weight is 511 g/mol. The third-order valence-electron chi connectivity index (χ3n) is 4.89. The van der Waals surface area contributed by atoms with E-state index in [-0.39, 0.29) is 29.4 Å². The van der Waals surface area contributed by atoms with E-state index in [0.717, 1.165) is 16.7 Å². The molecular weight excluding hydrogens is 490 g/mol. The van der Waals surface area contributed by atoms with Crippen molar-refractivity contribution < 1.29 is 36.7 Å². The lowest BCUT2D eigenvalue weighted by molar-refractivity contribution is -0.130. The number of hydrogen-bond acceptors (Lipinski definition) is 6. The smallest absolute Gasteiger partial charge is 0.338 e. The monoisotopic (exact) mass is 511 g/mol. The van der Waals surface area contributed by atoms with E-state index in [0.29, 0.717) is 12.6 Å². The molecule has 35 heavy (non-hydrogen) atoms. The van der Waals surface area contributed by atoms with Crippen LogP contribution in [0.1, 0.15) is 36.2 Å². The molecule has 0 spiro atoms. The van der Waals surface area contributed by atoms with E-state index in [1.54, 1.807) is 13.8 Å². The molecule has 1 unspecified atom stereocenters. The number of ether oxygens (including phenoxy) is 1. The summed E-state index contributed by atoms with van der Waals surface area (Å²) in [6, 6.07) is 6.30. The molecule has 7 nitrogen and oxygen atoms in total. The van der Waals surface area contributed by atoms with Crippen LogP contribution in [0.3, 0.4) is 0 Å². The molecule has 1 heterocycles. The topological polar surface area (TPSA) is 88.1 Å². The molecule has 1 fully saturated rings. The van der Waals surface area contributed by atoms with Gasteiger partial charge in [-0.15, -0.1) is 0 Å². The fourth-order valence-corrected chi connectivity index (χ4v) is 4.31. The number of amides is 2. The van der Waals surface area contributed by atoms with Gasteiger partial charge in [0, 0.05) is 18.5 Å². The van der Waals surface area contributed by atoms with Crippen LogP contribution in [0.15, 0.2) is 35.3 Å². The molecule has 1 aliphatic heterocycles. The molecule has 186 valence electrons. The van der Waals surface area contributed by atoms with Gasteiger partial charge in [0.1, 0.15) is 0 Å². The molecule has 1 saturated heterocycles. The summed E-state index contributed by atoms with van der Waals surface area (Å²) in [5.41, 5.74) is -0.0523. The van der Waals surface area contributed by atoms with Crippen molar-refractivity contribution in [3.8, 4) is 0 Å². The van der Waals surface area contributed by atoms with Gasteiger partial charge in [0.05, 0.1) is 29.7 Å². The van der Waals surface area contributed by atoms with E-state index in [4.69, 9.17) is 4.74 Å². The van der Waals surface area contributed by atoms with Crippen LogP contribution in [0, 0.1) is 23.3 Å². The Morgan fingerprint density at radius 3 is 2.43 bits per heavy atom. The van der Waals surface area contributed by atoms with Gasteiger partial charge >= 0.3 is 5.97 Å². The molecule has 0 bridgehead atoms. The standard InChI is InChI=1S/C23H21F4N3O4S/c1-3-28-21(32)16-10-17(31)30(11-13-9-15(24)19(26)20(27)18(13)25)23(35-16)29-14-7-5-12(6-8-14)22(33)34-4-2/h5-9,16H,3-4,10-11H2,1-2H3,(H,28,32). The minimum absolute atomic E-state index is 0.0362. The lowest BCUT2D eigenvalue weighted by Gasteiger charge is -2.32. The van der Waals surface area contributed by atoms with Gasteiger partial charge in [-0.05, 0) is 44.2 Å². The molecule has 12 heteroatoms. The fourth-order valence-electron chi connectivity index (χ4n) is 3.19. The molecule has 1 N–H and O–H groups in total. The van der Waals surface area contributed by atoms with Crippen LogP contribution in [-0.4, -0.2) is 46.3 Å². The Labute approximate surface area is 202 Å². The van der Waals surface area contributed by atoms with Crippen LogP contribution in [0.5, 0.6) is 0 Å². The van der Waals surface area contributed by atoms with Crippen molar-refractivity contribution in [2.24, 2.45) is 4.99 Å². The Balaban J connectivity index is 1.97. The van der Waals surface area contributed by atoms with Crippen molar-refractivity contribution in [1.29, 1.82) is 0 Å². The minimum atomic E-state index is -2.00. The van der Waals surface area contributed by atoms with E-state index in [1.807, 2.05) is 0 Å². The highest BCUT2D eigenvalue weighted by molar-refractivity contribution is 8.15. The molecule has 1 aliphatic rings. The molecule has 0 saturated carbocycles. The summed E-state index contributed by atoms with van der Waals surface area (Å²) >= 11 is 0.909. The number of nitrogens with one attached hydrogen (secondary N) is 1. The second kappa shape index (κ2) is 11.3. The zero-order valence-electron chi connectivity index (χ0n) is 18.7. The number of halogens is 4. The van der Waals surface area contributed by atoms with Gasteiger partial charge in [0.25, 0.3) is 0 Å². The van der Waals surface area contributed by atoms with Gasteiger partial charge in [-0.3, -0.25) is 14.5 Å². The number of carbonyl (C=O) groups excluding carboxylic acids is 3. The SMILES string of the molecule is CCNC(=O)C1CC(=O)N(Cc2cc(F)c(F)c(F)c2F)C(=Nc2ccc(C(=O)OCC)cc2)S1. The van der Waals surface area contributed by atoms with Crippen LogP contribution in [0.25, 0.3) is 0 Å². The highest BCUT2D eigenvalue weighted by Gasteiger charge is 2.36. The lowest BCUT2D eigenvalue weighted by atomic mass is 10.1. The summed E-state index contributed by atoms with van der Waals surface area (Å²) in [4.78, 5) is 42.4. The Bertz CT molecular complexity index is 1170. The Hall–Kier alpha value is -3.41. The average Bonchev–Trinajstić information content (AvgIpc) is 2.83. The molecule has 2 aromatic rings. The first-order chi connectivity index (χ1) is 16.7. The third kappa shape index (κ3) is 5.99. The Morgan fingerprint density at radius 1 is 1.11 bits per heavy atom. The Kier molecular flexibility index (Phi) is 8.49. The quantitative estimate of drug-likeness (QED) is 0.262. The largest absolute Gasteiger partial charge is 0.462 e. The van der Waals surface area contributed by atoms with Crippen molar-refractivity contribution in [3.63, 3.8) is 0 Å². The Morgan fingerprint density at radius 2 is 1.80 bits per heavy atom. The molecular formula is C23H21F4N3O4S. The summed E-state index contributed by atoms with van der Waals surface area (Å²) in [6.45, 7) is 3.25. The first-order valence-corrected chi connectivity index (χ1v) is 11.5. The number of amidine groups is 1. The first kappa shape index (κ1) is 26.2. The second-order valence-electron chi connectivity index (χ2n) is 7.31. The molecule has 3 rings (SSSR count). The summed E-state index contributed by atoms with van der Waals surface area (Å²) in [7, 11) is 0. The zero-order chi connectivity index (χ0) is 25.7. The summed E-state index contributed by atoms with van der Waals surface area (Å²) in [5, 5.41) is 1.73. The zero-order valence-corrected chi connectivity index (χ0v) is 19.6. The highest BCUT2D eigenvalue weighted by atomic mass is 32.2. The number of thioether (sulfide) groups is 1. The van der Waals surface area contributed by atoms with Gasteiger partial charge in [-0.2, -0.15) is 0 Å². The molecule has 1 atom stereocenters. The van der Waals surface area contributed by atoms with E-state index >= 15 is 0 Å². The lowest BCUT2D eigenvalue weighted by Crippen LogP contribution is -2.46. The van der Waals surface area contributed by atoms with Crippen molar-refractivity contribution in [3.05, 3.63) is 64.7 Å².